The van der Waals surface area contributed by atoms with Crippen LogP contribution in [0, 0.1) is 20.8 Å². The minimum atomic E-state index is -3.97. The van der Waals surface area contributed by atoms with Crippen molar-refractivity contribution in [3.8, 4) is 16.9 Å². The predicted octanol–water partition coefficient (Wildman–Crippen LogP) is 4.03. The van der Waals surface area contributed by atoms with E-state index in [2.05, 4.69) is 15.2 Å². The minimum absolute atomic E-state index is 0.0437. The van der Waals surface area contributed by atoms with E-state index in [-0.39, 0.29) is 22.4 Å². The Kier molecular flexibility index (Phi) is 5.84. The first kappa shape index (κ1) is 21.4. The van der Waals surface area contributed by atoms with Crippen molar-refractivity contribution >= 4 is 27.5 Å². The minimum Gasteiger partial charge on any atom is -0.495 e. The standard InChI is InChI=1S/C21H23N3O5S/c1-12-7-6-8-17(13(12)2)24-30(26,27)19-11-16(9-10-18(19)28-5)20-14(3)23-29-21(20)22-15(4)25/h6-11,24H,1-5H3,(H,22,25). The number of ether oxygens (including phenoxy) is 1. The number of nitrogens with one attached hydrogen (secondary N) is 2. The molecule has 0 saturated heterocycles. The maximum atomic E-state index is 13.2. The highest BCUT2D eigenvalue weighted by molar-refractivity contribution is 7.92. The molecule has 0 unspecified atom stereocenters. The zero-order valence-corrected chi connectivity index (χ0v) is 18.2. The van der Waals surface area contributed by atoms with E-state index in [9.17, 15) is 13.2 Å². The number of carbonyl (C=O) groups is 1. The van der Waals surface area contributed by atoms with Gasteiger partial charge < -0.3 is 9.26 Å². The molecule has 0 atom stereocenters. The molecule has 0 bridgehead atoms. The van der Waals surface area contributed by atoms with Crippen molar-refractivity contribution in [2.24, 2.45) is 0 Å². The van der Waals surface area contributed by atoms with Crippen molar-refractivity contribution in [2.75, 3.05) is 17.1 Å². The highest BCUT2D eigenvalue weighted by Crippen LogP contribution is 2.36. The number of methoxy groups -OCH3 is 1. The van der Waals surface area contributed by atoms with Gasteiger partial charge in [-0.2, -0.15) is 0 Å². The number of benzene rings is 2. The van der Waals surface area contributed by atoms with E-state index < -0.39 is 10.0 Å². The third kappa shape index (κ3) is 4.16. The van der Waals surface area contributed by atoms with E-state index in [4.69, 9.17) is 9.26 Å². The average molecular weight is 429 g/mol. The molecule has 0 saturated carbocycles. The summed E-state index contributed by atoms with van der Waals surface area (Å²) in [6, 6.07) is 10.1. The van der Waals surface area contributed by atoms with Crippen LogP contribution in [0.1, 0.15) is 23.7 Å². The Hall–Kier alpha value is -3.33. The van der Waals surface area contributed by atoms with E-state index in [1.165, 1.54) is 20.1 Å². The molecule has 3 aromatic rings. The van der Waals surface area contributed by atoms with E-state index in [0.717, 1.165) is 11.1 Å². The maximum absolute atomic E-state index is 13.2. The van der Waals surface area contributed by atoms with Gasteiger partial charge in [0.15, 0.2) is 0 Å². The molecule has 3 rings (SSSR count). The van der Waals surface area contributed by atoms with Crippen LogP contribution in [0.25, 0.3) is 11.1 Å². The SMILES string of the molecule is COc1ccc(-c2c(C)noc2NC(C)=O)cc1S(=O)(=O)Nc1cccc(C)c1C. The fourth-order valence-electron chi connectivity index (χ4n) is 3.06. The van der Waals surface area contributed by atoms with Crippen LogP contribution < -0.4 is 14.8 Å². The predicted molar refractivity (Wildman–Crippen MR) is 114 cm³/mol. The molecule has 0 spiro atoms. The van der Waals surface area contributed by atoms with Gasteiger partial charge in [-0.1, -0.05) is 23.4 Å². The Labute approximate surface area is 175 Å². The molecule has 0 aliphatic heterocycles. The maximum Gasteiger partial charge on any atom is 0.265 e. The number of rotatable bonds is 6. The lowest BCUT2D eigenvalue weighted by molar-refractivity contribution is -0.114. The number of aromatic nitrogens is 1. The summed E-state index contributed by atoms with van der Waals surface area (Å²) in [6.45, 7) is 6.81. The number of carbonyl (C=O) groups excluding carboxylic acids is 1. The van der Waals surface area contributed by atoms with Gasteiger partial charge in [0.2, 0.25) is 11.8 Å². The third-order valence-electron chi connectivity index (χ3n) is 4.74. The fraction of sp³-hybridized carbons (Fsp3) is 0.238. The number of hydrogen-bond acceptors (Lipinski definition) is 6. The molecule has 2 N–H and O–H groups in total. The summed E-state index contributed by atoms with van der Waals surface area (Å²) >= 11 is 0. The van der Waals surface area contributed by atoms with Crippen molar-refractivity contribution in [1.82, 2.24) is 5.16 Å². The molecule has 0 aliphatic carbocycles. The molecule has 2 aromatic carbocycles. The van der Waals surface area contributed by atoms with E-state index >= 15 is 0 Å². The summed E-state index contributed by atoms with van der Waals surface area (Å²) in [7, 11) is -2.57. The topological polar surface area (TPSA) is 111 Å². The Morgan fingerprint density at radius 3 is 2.53 bits per heavy atom. The number of sulfonamides is 1. The van der Waals surface area contributed by atoms with Crippen molar-refractivity contribution in [2.45, 2.75) is 32.6 Å². The largest absolute Gasteiger partial charge is 0.495 e. The molecule has 9 heteroatoms. The second-order valence-corrected chi connectivity index (χ2v) is 8.52. The second kappa shape index (κ2) is 8.19. The zero-order chi connectivity index (χ0) is 22.1. The first-order valence-corrected chi connectivity index (χ1v) is 10.6. The number of hydrogen-bond donors (Lipinski definition) is 2. The van der Waals surface area contributed by atoms with Crippen molar-refractivity contribution in [3.05, 3.63) is 53.2 Å². The Morgan fingerprint density at radius 2 is 1.87 bits per heavy atom. The molecule has 1 heterocycles. The highest BCUT2D eigenvalue weighted by Gasteiger charge is 2.24. The van der Waals surface area contributed by atoms with Gasteiger partial charge in [-0.3, -0.25) is 14.8 Å². The monoisotopic (exact) mass is 429 g/mol. The first-order valence-electron chi connectivity index (χ1n) is 9.15. The van der Waals surface area contributed by atoms with Gasteiger partial charge in [0.05, 0.1) is 24.1 Å². The average Bonchev–Trinajstić information content (AvgIpc) is 3.04. The summed E-state index contributed by atoms with van der Waals surface area (Å²) in [5.41, 5.74) is 3.81. The number of nitrogens with zero attached hydrogens (tertiary/aromatic N) is 1. The molecule has 0 radical (unpaired) electrons. The molecule has 0 fully saturated rings. The summed E-state index contributed by atoms with van der Waals surface area (Å²) < 4.78 is 39.5. The van der Waals surface area contributed by atoms with Gasteiger partial charge in [0.25, 0.3) is 10.0 Å². The summed E-state index contributed by atoms with van der Waals surface area (Å²) in [4.78, 5) is 11.4. The van der Waals surface area contributed by atoms with Gasteiger partial charge in [-0.25, -0.2) is 8.42 Å². The van der Waals surface area contributed by atoms with Crippen LogP contribution in [0.15, 0.2) is 45.8 Å². The molecule has 1 amide bonds. The molecule has 1 aromatic heterocycles. The summed E-state index contributed by atoms with van der Waals surface area (Å²) in [5, 5.41) is 6.45. The lowest BCUT2D eigenvalue weighted by Crippen LogP contribution is -2.15. The lowest BCUT2D eigenvalue weighted by Gasteiger charge is -2.15. The second-order valence-electron chi connectivity index (χ2n) is 6.87. The van der Waals surface area contributed by atoms with Gasteiger partial charge in [-0.15, -0.1) is 0 Å². The normalized spacial score (nSPS) is 11.2. The van der Waals surface area contributed by atoms with Crippen LogP contribution in [0.3, 0.4) is 0 Å². The molecule has 8 nitrogen and oxygen atoms in total. The van der Waals surface area contributed by atoms with Crippen LogP contribution in [0.5, 0.6) is 5.75 Å². The van der Waals surface area contributed by atoms with Gasteiger partial charge in [-0.05, 0) is 55.7 Å². The van der Waals surface area contributed by atoms with Gasteiger partial charge in [0, 0.05) is 6.92 Å². The van der Waals surface area contributed by atoms with Crippen molar-refractivity contribution < 1.29 is 22.5 Å². The van der Waals surface area contributed by atoms with Crippen LogP contribution in [-0.4, -0.2) is 26.6 Å². The molecule has 158 valence electrons. The fourth-order valence-corrected chi connectivity index (χ4v) is 4.38. The smallest absolute Gasteiger partial charge is 0.265 e. The Balaban J connectivity index is 2.11. The Morgan fingerprint density at radius 1 is 1.13 bits per heavy atom. The van der Waals surface area contributed by atoms with Crippen LogP contribution in [0.2, 0.25) is 0 Å². The lowest BCUT2D eigenvalue weighted by atomic mass is 10.1. The van der Waals surface area contributed by atoms with Gasteiger partial charge in [0.1, 0.15) is 10.6 Å². The summed E-state index contributed by atoms with van der Waals surface area (Å²) in [5.74, 6) is 0.00749. The van der Waals surface area contributed by atoms with Crippen LogP contribution >= 0.6 is 0 Å². The van der Waals surface area contributed by atoms with E-state index in [0.29, 0.717) is 22.5 Å². The van der Waals surface area contributed by atoms with E-state index in [1.807, 2.05) is 19.9 Å². The van der Waals surface area contributed by atoms with Crippen molar-refractivity contribution in [1.29, 1.82) is 0 Å². The van der Waals surface area contributed by atoms with E-state index in [1.54, 1.807) is 31.2 Å². The Bertz CT molecular complexity index is 1220. The number of amides is 1. The zero-order valence-electron chi connectivity index (χ0n) is 17.4. The third-order valence-corrected chi connectivity index (χ3v) is 6.13. The van der Waals surface area contributed by atoms with Gasteiger partial charge >= 0.3 is 0 Å². The first-order chi connectivity index (χ1) is 14.1. The number of anilines is 2. The van der Waals surface area contributed by atoms with Crippen molar-refractivity contribution in [3.63, 3.8) is 0 Å². The quantitative estimate of drug-likeness (QED) is 0.612. The molecule has 30 heavy (non-hydrogen) atoms. The highest BCUT2D eigenvalue weighted by atomic mass is 32.2. The van der Waals surface area contributed by atoms with Crippen LogP contribution in [0.4, 0.5) is 11.6 Å². The summed E-state index contributed by atoms with van der Waals surface area (Å²) in [6.07, 6.45) is 0. The molecular weight excluding hydrogens is 406 g/mol. The number of aryl methyl sites for hydroxylation is 2. The molecular formula is C21H23N3O5S. The molecule has 0 aliphatic rings. The van der Waals surface area contributed by atoms with Crippen LogP contribution in [-0.2, 0) is 14.8 Å².